The molecule has 0 aromatic heterocycles. The van der Waals surface area contributed by atoms with Gasteiger partial charge in [0.2, 0.25) is 11.8 Å². The molecule has 0 unspecified atom stereocenters. The van der Waals surface area contributed by atoms with Gasteiger partial charge in [-0.05, 0) is 18.9 Å². The van der Waals surface area contributed by atoms with Crippen LogP contribution in [0.25, 0.3) is 0 Å². The summed E-state index contributed by atoms with van der Waals surface area (Å²) in [7, 11) is 0. The molecule has 4 nitrogen and oxygen atoms in total. The van der Waals surface area contributed by atoms with E-state index in [0.29, 0.717) is 6.54 Å². The average molecular weight is 234 g/mol. The van der Waals surface area contributed by atoms with Crippen LogP contribution in [0.5, 0.6) is 0 Å². The van der Waals surface area contributed by atoms with Crippen molar-refractivity contribution in [2.45, 2.75) is 26.2 Å². The standard InChI is InChI=1S/C13H18N2O2/c1-10-2-4-11(5-3-10)8-9-15-13(17)7-6-12(14)16/h2-5H,6-9H2,1H3,(H2,14,16)(H,15,17). The number of nitrogens with two attached hydrogens (primary N) is 1. The third-order valence-corrected chi connectivity index (χ3v) is 2.45. The normalized spacial score (nSPS) is 9.94. The van der Waals surface area contributed by atoms with Crippen LogP contribution in [-0.4, -0.2) is 18.4 Å². The number of hydrogen-bond acceptors (Lipinski definition) is 2. The van der Waals surface area contributed by atoms with Crippen LogP contribution in [0.2, 0.25) is 0 Å². The van der Waals surface area contributed by atoms with Gasteiger partial charge in [-0.1, -0.05) is 29.8 Å². The van der Waals surface area contributed by atoms with Gasteiger partial charge < -0.3 is 11.1 Å². The molecule has 0 heterocycles. The van der Waals surface area contributed by atoms with Gasteiger partial charge in [0, 0.05) is 19.4 Å². The summed E-state index contributed by atoms with van der Waals surface area (Å²) in [5.41, 5.74) is 7.36. The number of primary amides is 1. The average Bonchev–Trinajstić information content (AvgIpc) is 2.29. The van der Waals surface area contributed by atoms with Gasteiger partial charge in [-0.25, -0.2) is 0 Å². The highest BCUT2D eigenvalue weighted by Gasteiger charge is 2.03. The molecule has 0 atom stereocenters. The molecule has 1 rings (SSSR count). The number of carbonyl (C=O) groups is 2. The van der Waals surface area contributed by atoms with Crippen molar-refractivity contribution < 1.29 is 9.59 Å². The molecule has 0 spiro atoms. The van der Waals surface area contributed by atoms with Gasteiger partial charge in [0.15, 0.2) is 0 Å². The fraction of sp³-hybridized carbons (Fsp3) is 0.385. The molecule has 2 amide bonds. The first kappa shape index (κ1) is 13.2. The first-order valence-electron chi connectivity index (χ1n) is 5.68. The van der Waals surface area contributed by atoms with Gasteiger partial charge in [-0.3, -0.25) is 9.59 Å². The summed E-state index contributed by atoms with van der Waals surface area (Å²) < 4.78 is 0. The lowest BCUT2D eigenvalue weighted by Crippen LogP contribution is -2.26. The van der Waals surface area contributed by atoms with Crippen molar-refractivity contribution >= 4 is 11.8 Å². The van der Waals surface area contributed by atoms with Crippen LogP contribution in [0, 0.1) is 6.92 Å². The van der Waals surface area contributed by atoms with Crippen molar-refractivity contribution in [2.75, 3.05) is 6.54 Å². The Bertz CT molecular complexity index is 385. The first-order valence-corrected chi connectivity index (χ1v) is 5.68. The molecule has 0 saturated carbocycles. The number of aryl methyl sites for hydroxylation is 1. The summed E-state index contributed by atoms with van der Waals surface area (Å²) in [4.78, 5) is 21.7. The molecule has 0 aliphatic rings. The van der Waals surface area contributed by atoms with E-state index in [0.717, 1.165) is 6.42 Å². The smallest absolute Gasteiger partial charge is 0.220 e. The lowest BCUT2D eigenvalue weighted by Gasteiger charge is -2.04. The first-order chi connectivity index (χ1) is 8.08. The fourth-order valence-corrected chi connectivity index (χ4v) is 1.43. The lowest BCUT2D eigenvalue weighted by atomic mass is 10.1. The van der Waals surface area contributed by atoms with Crippen molar-refractivity contribution in [3.8, 4) is 0 Å². The van der Waals surface area contributed by atoms with Crippen LogP contribution < -0.4 is 11.1 Å². The lowest BCUT2D eigenvalue weighted by molar-refractivity contribution is -0.125. The summed E-state index contributed by atoms with van der Waals surface area (Å²) in [6.07, 6.45) is 1.07. The van der Waals surface area contributed by atoms with E-state index in [9.17, 15) is 9.59 Å². The Morgan fingerprint density at radius 2 is 1.82 bits per heavy atom. The molecule has 17 heavy (non-hydrogen) atoms. The summed E-state index contributed by atoms with van der Waals surface area (Å²) in [6, 6.07) is 8.18. The topological polar surface area (TPSA) is 72.2 Å². The van der Waals surface area contributed by atoms with E-state index in [4.69, 9.17) is 5.73 Å². The maximum Gasteiger partial charge on any atom is 0.220 e. The van der Waals surface area contributed by atoms with E-state index in [1.165, 1.54) is 11.1 Å². The predicted octanol–water partition coefficient (Wildman–Crippen LogP) is 0.919. The molecule has 0 aliphatic heterocycles. The minimum absolute atomic E-state index is 0.108. The van der Waals surface area contributed by atoms with Crippen LogP contribution in [0.4, 0.5) is 0 Å². The van der Waals surface area contributed by atoms with E-state index < -0.39 is 5.91 Å². The molecule has 0 bridgehead atoms. The quantitative estimate of drug-likeness (QED) is 0.768. The Labute approximate surface area is 101 Å². The Kier molecular flexibility index (Phi) is 5.20. The van der Waals surface area contributed by atoms with Crippen molar-refractivity contribution in [2.24, 2.45) is 5.73 Å². The molecule has 0 radical (unpaired) electrons. The number of amides is 2. The number of rotatable bonds is 6. The highest BCUT2D eigenvalue weighted by Crippen LogP contribution is 2.03. The summed E-state index contributed by atoms with van der Waals surface area (Å²) in [6.45, 7) is 2.62. The van der Waals surface area contributed by atoms with Crippen LogP contribution in [0.3, 0.4) is 0 Å². The molecular weight excluding hydrogens is 216 g/mol. The van der Waals surface area contributed by atoms with Crippen molar-refractivity contribution in [3.05, 3.63) is 35.4 Å². The zero-order valence-corrected chi connectivity index (χ0v) is 10.0. The van der Waals surface area contributed by atoms with Crippen molar-refractivity contribution in [1.29, 1.82) is 0 Å². The van der Waals surface area contributed by atoms with E-state index in [1.54, 1.807) is 0 Å². The molecule has 0 saturated heterocycles. The van der Waals surface area contributed by atoms with Gasteiger partial charge in [0.1, 0.15) is 0 Å². The van der Waals surface area contributed by atoms with Crippen LogP contribution >= 0.6 is 0 Å². The molecule has 1 aromatic carbocycles. The van der Waals surface area contributed by atoms with Gasteiger partial charge in [-0.2, -0.15) is 0 Å². The number of nitrogens with one attached hydrogen (secondary N) is 1. The molecule has 92 valence electrons. The van der Waals surface area contributed by atoms with Crippen LogP contribution in [0.15, 0.2) is 24.3 Å². The van der Waals surface area contributed by atoms with Gasteiger partial charge in [0.25, 0.3) is 0 Å². The van der Waals surface area contributed by atoms with Crippen LogP contribution in [-0.2, 0) is 16.0 Å². The fourth-order valence-electron chi connectivity index (χ4n) is 1.43. The minimum Gasteiger partial charge on any atom is -0.370 e. The molecule has 3 N–H and O–H groups in total. The summed E-state index contributed by atoms with van der Waals surface area (Å²) in [5, 5.41) is 2.75. The van der Waals surface area contributed by atoms with Crippen LogP contribution in [0.1, 0.15) is 24.0 Å². The molecule has 4 heteroatoms. The third-order valence-electron chi connectivity index (χ3n) is 2.45. The second-order valence-corrected chi connectivity index (χ2v) is 4.05. The van der Waals surface area contributed by atoms with Gasteiger partial charge in [0.05, 0.1) is 0 Å². The van der Waals surface area contributed by atoms with E-state index in [-0.39, 0.29) is 18.7 Å². The van der Waals surface area contributed by atoms with Gasteiger partial charge in [-0.15, -0.1) is 0 Å². The zero-order valence-electron chi connectivity index (χ0n) is 10.0. The highest BCUT2D eigenvalue weighted by molar-refractivity contribution is 5.82. The number of hydrogen-bond donors (Lipinski definition) is 2. The maximum absolute atomic E-state index is 11.3. The van der Waals surface area contributed by atoms with Crippen molar-refractivity contribution in [1.82, 2.24) is 5.32 Å². The number of carbonyl (C=O) groups excluding carboxylic acids is 2. The van der Waals surface area contributed by atoms with E-state index in [2.05, 4.69) is 5.32 Å². The van der Waals surface area contributed by atoms with Crippen molar-refractivity contribution in [3.63, 3.8) is 0 Å². The number of benzene rings is 1. The SMILES string of the molecule is Cc1ccc(CCNC(=O)CCC(N)=O)cc1. The van der Waals surface area contributed by atoms with E-state index in [1.807, 2.05) is 31.2 Å². The third kappa shape index (κ3) is 5.70. The molecule has 0 fully saturated rings. The Balaban J connectivity index is 2.21. The highest BCUT2D eigenvalue weighted by atomic mass is 16.2. The predicted molar refractivity (Wildman–Crippen MR) is 66.3 cm³/mol. The van der Waals surface area contributed by atoms with Gasteiger partial charge >= 0.3 is 0 Å². The summed E-state index contributed by atoms with van der Waals surface area (Å²) in [5.74, 6) is -0.574. The largest absolute Gasteiger partial charge is 0.370 e. The summed E-state index contributed by atoms with van der Waals surface area (Å²) >= 11 is 0. The molecular formula is C13H18N2O2. The Morgan fingerprint density at radius 1 is 1.18 bits per heavy atom. The second-order valence-electron chi connectivity index (χ2n) is 4.05. The van der Waals surface area contributed by atoms with E-state index >= 15 is 0 Å². The maximum atomic E-state index is 11.3. The Morgan fingerprint density at radius 3 is 2.41 bits per heavy atom. The Hall–Kier alpha value is -1.84. The molecule has 1 aromatic rings. The second kappa shape index (κ2) is 6.68. The monoisotopic (exact) mass is 234 g/mol. The molecule has 0 aliphatic carbocycles. The minimum atomic E-state index is -0.446. The zero-order chi connectivity index (χ0) is 12.7.